The van der Waals surface area contributed by atoms with Gasteiger partial charge < -0.3 is 18.9 Å². The average Bonchev–Trinajstić information content (AvgIpc) is 3.31. The Morgan fingerprint density at radius 2 is 1.69 bits per heavy atom. The molecule has 188 valence electrons. The van der Waals surface area contributed by atoms with Gasteiger partial charge in [-0.25, -0.2) is 0 Å². The number of hydrogen-bond acceptors (Lipinski definition) is 9. The van der Waals surface area contributed by atoms with Gasteiger partial charge in [0.05, 0.1) is 14.2 Å². The summed E-state index contributed by atoms with van der Waals surface area (Å²) in [6.07, 6.45) is 2.25. The molecule has 10 heteroatoms. The predicted octanol–water partition coefficient (Wildman–Crippen LogP) is 4.76. The van der Waals surface area contributed by atoms with Crippen LogP contribution in [0.4, 0.5) is 5.13 Å². The molecular weight excluding hydrogens is 480 g/mol. The number of carbonyl (C=O) groups excluding carboxylic acids is 1. The maximum atomic E-state index is 12.6. The molecule has 9 nitrogen and oxygen atoms in total. The Balaban J connectivity index is 1.62. The van der Waals surface area contributed by atoms with Crippen molar-refractivity contribution in [2.24, 2.45) is 5.92 Å². The van der Waals surface area contributed by atoms with Crippen LogP contribution >= 0.6 is 11.3 Å². The van der Waals surface area contributed by atoms with Gasteiger partial charge in [-0.3, -0.25) is 10.1 Å². The zero-order valence-electron chi connectivity index (χ0n) is 20.6. The van der Waals surface area contributed by atoms with E-state index >= 15 is 0 Å². The lowest BCUT2D eigenvalue weighted by molar-refractivity contribution is -0.112. The first-order chi connectivity index (χ1) is 17.4. The number of hydrogen-bond donors (Lipinski definition) is 1. The summed E-state index contributed by atoms with van der Waals surface area (Å²) in [4.78, 5) is 12.6. The van der Waals surface area contributed by atoms with Crippen molar-refractivity contribution in [3.63, 3.8) is 0 Å². The number of nitriles is 1. The Hall–Kier alpha value is -4.10. The molecule has 1 N–H and O–H groups in total. The van der Waals surface area contributed by atoms with Gasteiger partial charge in [-0.05, 0) is 41.8 Å². The summed E-state index contributed by atoms with van der Waals surface area (Å²) in [5, 5.41) is 21.4. The van der Waals surface area contributed by atoms with E-state index in [2.05, 4.69) is 29.4 Å². The lowest BCUT2D eigenvalue weighted by Gasteiger charge is -2.13. The molecule has 0 spiro atoms. The molecule has 0 aliphatic carbocycles. The smallest absolute Gasteiger partial charge is 0.268 e. The molecule has 0 saturated carbocycles. The molecule has 0 saturated heterocycles. The number of benzene rings is 2. The molecule has 3 aromatic rings. The number of ether oxygens (including phenoxy) is 4. The number of aromatic nitrogens is 2. The largest absolute Gasteiger partial charge is 0.493 e. The highest BCUT2D eigenvalue weighted by molar-refractivity contribution is 7.15. The molecule has 36 heavy (non-hydrogen) atoms. The van der Waals surface area contributed by atoms with Crippen molar-refractivity contribution in [1.29, 1.82) is 5.26 Å². The van der Waals surface area contributed by atoms with E-state index in [0.29, 0.717) is 46.2 Å². The van der Waals surface area contributed by atoms with Crippen LogP contribution in [-0.2, 0) is 11.2 Å². The van der Waals surface area contributed by atoms with Gasteiger partial charge in [0.2, 0.25) is 5.13 Å². The van der Waals surface area contributed by atoms with Gasteiger partial charge in [0.1, 0.15) is 29.9 Å². The number of anilines is 1. The third-order valence-corrected chi connectivity index (χ3v) is 5.66. The summed E-state index contributed by atoms with van der Waals surface area (Å²) in [7, 11) is 3.10. The molecule has 1 aromatic heterocycles. The van der Waals surface area contributed by atoms with Crippen LogP contribution in [0.2, 0.25) is 0 Å². The van der Waals surface area contributed by atoms with Gasteiger partial charge in [0.25, 0.3) is 5.91 Å². The van der Waals surface area contributed by atoms with Crippen molar-refractivity contribution in [2.45, 2.75) is 20.3 Å². The van der Waals surface area contributed by atoms with Crippen LogP contribution in [0.25, 0.3) is 6.08 Å². The van der Waals surface area contributed by atoms with E-state index in [0.717, 1.165) is 11.4 Å². The van der Waals surface area contributed by atoms with Crippen LogP contribution in [-0.4, -0.2) is 43.5 Å². The normalized spacial score (nSPS) is 11.1. The van der Waals surface area contributed by atoms with Gasteiger partial charge in [0, 0.05) is 6.42 Å². The number of carbonyl (C=O) groups is 1. The summed E-state index contributed by atoms with van der Waals surface area (Å²) in [5.74, 6) is 2.11. The van der Waals surface area contributed by atoms with E-state index in [4.69, 9.17) is 18.9 Å². The van der Waals surface area contributed by atoms with Crippen LogP contribution in [0.15, 0.2) is 48.0 Å². The van der Waals surface area contributed by atoms with Crippen molar-refractivity contribution in [3.8, 4) is 29.1 Å². The van der Waals surface area contributed by atoms with Crippen LogP contribution in [0.5, 0.6) is 23.0 Å². The minimum atomic E-state index is -0.558. The lowest BCUT2D eigenvalue weighted by Crippen LogP contribution is -2.13. The molecule has 0 radical (unpaired) electrons. The highest BCUT2D eigenvalue weighted by atomic mass is 32.1. The van der Waals surface area contributed by atoms with Gasteiger partial charge >= 0.3 is 0 Å². The van der Waals surface area contributed by atoms with Crippen molar-refractivity contribution >= 4 is 28.5 Å². The summed E-state index contributed by atoms with van der Waals surface area (Å²) in [6, 6.07) is 14.4. The molecule has 0 aliphatic heterocycles. The molecule has 0 atom stereocenters. The number of para-hydroxylation sites is 2. The fourth-order valence-corrected chi connectivity index (χ4v) is 4.10. The lowest BCUT2D eigenvalue weighted by atomic mass is 10.1. The molecular formula is C26H28N4O5S. The van der Waals surface area contributed by atoms with E-state index in [1.165, 1.54) is 24.5 Å². The fraction of sp³-hybridized carbons (Fsp3) is 0.308. The number of amides is 1. The highest BCUT2D eigenvalue weighted by Crippen LogP contribution is 2.30. The van der Waals surface area contributed by atoms with E-state index in [1.54, 1.807) is 25.3 Å². The minimum absolute atomic E-state index is 0.0726. The van der Waals surface area contributed by atoms with Crippen LogP contribution in [0, 0.1) is 17.2 Å². The zero-order chi connectivity index (χ0) is 25.9. The number of rotatable bonds is 12. The van der Waals surface area contributed by atoms with Gasteiger partial charge in [0.15, 0.2) is 23.0 Å². The molecule has 0 fully saturated rings. The van der Waals surface area contributed by atoms with Crippen molar-refractivity contribution in [3.05, 3.63) is 58.6 Å². The third-order valence-electron chi connectivity index (χ3n) is 4.80. The first-order valence-corrected chi connectivity index (χ1v) is 12.1. The van der Waals surface area contributed by atoms with Crippen molar-refractivity contribution in [1.82, 2.24) is 10.2 Å². The van der Waals surface area contributed by atoms with Gasteiger partial charge in [-0.1, -0.05) is 43.4 Å². The Morgan fingerprint density at radius 3 is 2.33 bits per heavy atom. The van der Waals surface area contributed by atoms with E-state index in [-0.39, 0.29) is 12.2 Å². The standard InChI is InChI=1S/C26H28N4O5S/c1-17(2)13-24-29-30-26(36-24)28-25(31)19(16-27)14-18-9-10-22(23(15-18)33-4)35-12-11-34-21-8-6-5-7-20(21)32-3/h5-10,14-15,17H,11-13H2,1-4H3,(H,28,30,31). The number of nitrogens with zero attached hydrogens (tertiary/aromatic N) is 3. The van der Waals surface area contributed by atoms with Gasteiger partial charge in [-0.15, -0.1) is 10.2 Å². The second-order valence-electron chi connectivity index (χ2n) is 7.98. The Morgan fingerprint density at radius 1 is 1.03 bits per heavy atom. The predicted molar refractivity (Wildman–Crippen MR) is 138 cm³/mol. The first kappa shape index (κ1) is 26.5. The van der Waals surface area contributed by atoms with Crippen molar-refractivity contribution in [2.75, 3.05) is 32.8 Å². The summed E-state index contributed by atoms with van der Waals surface area (Å²) < 4.78 is 22.2. The second kappa shape index (κ2) is 13.1. The summed E-state index contributed by atoms with van der Waals surface area (Å²) in [6.45, 7) is 4.73. The Labute approximate surface area is 214 Å². The van der Waals surface area contributed by atoms with Crippen LogP contribution < -0.4 is 24.3 Å². The quantitative estimate of drug-likeness (QED) is 0.212. The minimum Gasteiger partial charge on any atom is -0.493 e. The maximum absolute atomic E-state index is 12.6. The zero-order valence-corrected chi connectivity index (χ0v) is 21.4. The van der Waals surface area contributed by atoms with Crippen LogP contribution in [0.3, 0.4) is 0 Å². The first-order valence-electron chi connectivity index (χ1n) is 11.3. The van der Waals surface area contributed by atoms with Crippen molar-refractivity contribution < 1.29 is 23.7 Å². The molecule has 1 amide bonds. The number of nitrogens with one attached hydrogen (secondary N) is 1. The molecule has 2 aromatic carbocycles. The van der Waals surface area contributed by atoms with E-state index in [9.17, 15) is 10.1 Å². The van der Waals surface area contributed by atoms with E-state index < -0.39 is 5.91 Å². The monoisotopic (exact) mass is 508 g/mol. The van der Waals surface area contributed by atoms with Crippen LogP contribution in [0.1, 0.15) is 24.4 Å². The fourth-order valence-electron chi connectivity index (χ4n) is 3.15. The van der Waals surface area contributed by atoms with Gasteiger partial charge in [-0.2, -0.15) is 5.26 Å². The average molecular weight is 509 g/mol. The molecule has 3 rings (SSSR count). The highest BCUT2D eigenvalue weighted by Gasteiger charge is 2.14. The molecule has 1 heterocycles. The molecule has 0 unspecified atom stereocenters. The SMILES string of the molecule is COc1ccccc1OCCOc1ccc(C=C(C#N)C(=O)Nc2nnc(CC(C)C)s2)cc1OC. The van der Waals surface area contributed by atoms with E-state index in [1.807, 2.05) is 30.3 Å². The molecule has 0 aliphatic rings. The number of methoxy groups -OCH3 is 2. The topological polar surface area (TPSA) is 116 Å². The third kappa shape index (κ3) is 7.45. The summed E-state index contributed by atoms with van der Waals surface area (Å²) >= 11 is 1.30. The molecule has 0 bridgehead atoms. The Kier molecular flexibility index (Phi) is 9.65. The Bertz CT molecular complexity index is 1250. The maximum Gasteiger partial charge on any atom is 0.268 e. The second-order valence-corrected chi connectivity index (χ2v) is 9.04. The summed E-state index contributed by atoms with van der Waals surface area (Å²) in [5.41, 5.74) is 0.533.